The quantitative estimate of drug-likeness (QED) is 0.0467. The Morgan fingerprint density at radius 3 is 1.76 bits per heavy atom. The number of ether oxygens (including phenoxy) is 2. The summed E-state index contributed by atoms with van der Waals surface area (Å²) in [6, 6.07) is 5.26. The molecule has 11 nitrogen and oxygen atoms in total. The summed E-state index contributed by atoms with van der Waals surface area (Å²) in [6.07, 6.45) is 17.0. The molecule has 1 unspecified atom stereocenters. The van der Waals surface area contributed by atoms with E-state index in [0.29, 0.717) is 23.5 Å². The van der Waals surface area contributed by atoms with Crippen molar-refractivity contribution in [3.63, 3.8) is 0 Å². The van der Waals surface area contributed by atoms with Crippen LogP contribution in [0.3, 0.4) is 0 Å². The lowest BCUT2D eigenvalue weighted by atomic mass is 10.0. The minimum absolute atomic E-state index is 0.0206. The lowest BCUT2D eigenvalue weighted by Gasteiger charge is -2.25. The molecule has 1 rings (SSSR count). The smallest absolute Gasteiger partial charge is 0.329 e. The molecule has 0 saturated carbocycles. The molecule has 1 aromatic rings. The van der Waals surface area contributed by atoms with Gasteiger partial charge in [0.15, 0.2) is 0 Å². The highest BCUT2D eigenvalue weighted by Gasteiger charge is 2.28. The van der Waals surface area contributed by atoms with Crippen LogP contribution in [0.25, 0.3) is 0 Å². The number of rotatable bonds is 29. The van der Waals surface area contributed by atoms with E-state index in [-0.39, 0.29) is 50.3 Å². The molecular weight excluding hydrogens is 719 g/mol. The third-order valence-corrected chi connectivity index (χ3v) is 9.78. The normalized spacial score (nSPS) is 12.7. The minimum atomic E-state index is -1.05. The predicted molar refractivity (Wildman–Crippen MR) is 222 cm³/mol. The zero-order valence-electron chi connectivity index (χ0n) is 35.0. The highest BCUT2D eigenvalue weighted by atomic mass is 32.2. The van der Waals surface area contributed by atoms with Gasteiger partial charge >= 0.3 is 11.9 Å². The summed E-state index contributed by atoms with van der Waals surface area (Å²) >= 11 is 1.51. The maximum atomic E-state index is 13.0. The van der Waals surface area contributed by atoms with Gasteiger partial charge in [0.1, 0.15) is 17.2 Å². The van der Waals surface area contributed by atoms with E-state index < -0.39 is 35.1 Å². The molecule has 314 valence electrons. The Morgan fingerprint density at radius 1 is 0.691 bits per heavy atom. The average molecular weight is 792 g/mol. The van der Waals surface area contributed by atoms with Gasteiger partial charge in [0.2, 0.25) is 11.8 Å². The Bertz CT molecular complexity index is 1260. The number of carbonyl (C=O) groups excluding carboxylic acids is 5. The van der Waals surface area contributed by atoms with Crippen LogP contribution in [0.5, 0.6) is 0 Å². The van der Waals surface area contributed by atoms with Crippen molar-refractivity contribution in [1.29, 1.82) is 0 Å². The summed E-state index contributed by atoms with van der Waals surface area (Å²) in [5.74, 6) is -0.718. The van der Waals surface area contributed by atoms with Crippen LogP contribution in [0, 0.1) is 0 Å². The first kappa shape index (κ1) is 49.9. The Labute approximate surface area is 336 Å². The highest BCUT2D eigenvalue weighted by molar-refractivity contribution is 7.99. The number of hydrogen-bond donors (Lipinski definition) is 4. The maximum absolute atomic E-state index is 13.0. The number of nitrogens with one attached hydrogen (secondary N) is 3. The maximum Gasteiger partial charge on any atom is 0.329 e. The van der Waals surface area contributed by atoms with E-state index in [1.54, 1.807) is 65.8 Å². The second-order valence-corrected chi connectivity index (χ2v) is 17.6. The lowest BCUT2D eigenvalue weighted by molar-refractivity contribution is -0.158. The van der Waals surface area contributed by atoms with Gasteiger partial charge in [0, 0.05) is 42.9 Å². The molecule has 12 heteroatoms. The van der Waals surface area contributed by atoms with Gasteiger partial charge in [0.25, 0.3) is 5.91 Å². The van der Waals surface area contributed by atoms with E-state index in [1.165, 1.54) is 76.0 Å². The largest absolute Gasteiger partial charge is 0.460 e. The molecule has 0 aliphatic rings. The van der Waals surface area contributed by atoms with Crippen molar-refractivity contribution >= 4 is 41.4 Å². The van der Waals surface area contributed by atoms with E-state index in [1.807, 2.05) is 0 Å². The molecule has 0 fully saturated rings. The molecule has 0 aliphatic carbocycles. The van der Waals surface area contributed by atoms with Crippen molar-refractivity contribution < 1.29 is 38.6 Å². The first-order chi connectivity index (χ1) is 26.0. The first-order valence-electron chi connectivity index (χ1n) is 20.6. The molecule has 2 atom stereocenters. The molecule has 0 aromatic heterocycles. The molecule has 1 aromatic carbocycles. The summed E-state index contributed by atoms with van der Waals surface area (Å²) in [5.41, 5.74) is -0.344. The molecule has 0 heterocycles. The van der Waals surface area contributed by atoms with Gasteiger partial charge in [0.05, 0.1) is 12.6 Å². The number of amides is 3. The van der Waals surface area contributed by atoms with Gasteiger partial charge in [-0.3, -0.25) is 19.2 Å². The number of carbonyl (C=O) groups is 5. The van der Waals surface area contributed by atoms with Gasteiger partial charge in [-0.2, -0.15) is 11.8 Å². The van der Waals surface area contributed by atoms with Crippen molar-refractivity contribution in [2.75, 3.05) is 18.1 Å². The summed E-state index contributed by atoms with van der Waals surface area (Å²) in [7, 11) is 0. The lowest BCUT2D eigenvalue weighted by Crippen LogP contribution is -2.44. The Hall–Kier alpha value is -3.12. The van der Waals surface area contributed by atoms with Crippen LogP contribution < -0.4 is 16.0 Å². The third kappa shape index (κ3) is 27.2. The first-order valence-corrected chi connectivity index (χ1v) is 21.8. The van der Waals surface area contributed by atoms with E-state index in [2.05, 4.69) is 22.9 Å². The second kappa shape index (κ2) is 28.3. The average Bonchev–Trinajstić information content (AvgIpc) is 3.11. The van der Waals surface area contributed by atoms with Gasteiger partial charge < -0.3 is 30.5 Å². The summed E-state index contributed by atoms with van der Waals surface area (Å²) in [6.45, 7) is 12.8. The zero-order valence-corrected chi connectivity index (χ0v) is 35.8. The van der Waals surface area contributed by atoms with Crippen LogP contribution in [-0.4, -0.2) is 76.2 Å². The monoisotopic (exact) mass is 792 g/mol. The van der Waals surface area contributed by atoms with Crippen molar-refractivity contribution in [3.05, 3.63) is 35.4 Å². The Morgan fingerprint density at radius 2 is 1.24 bits per heavy atom. The van der Waals surface area contributed by atoms with Crippen molar-refractivity contribution in [1.82, 2.24) is 16.0 Å². The standard InChI is InChI=1S/C43H73N3O8S/c1-8-9-10-11-12-13-14-15-16-17-18-19-20-21-38(49)45-35(31-47)32-55-29-28-37(48)44-30-33-22-24-34(25-23-33)40(51)46-36(41(52)54-43(5,6)7)26-27-39(50)53-42(2,3)4/h22-25,35-36,47H,8-21,26-32H2,1-7H3,(H,44,48)(H,45,49)(H,46,51)/t35?,36-/m0/s1. The van der Waals surface area contributed by atoms with E-state index in [4.69, 9.17) is 9.47 Å². The number of unbranched alkanes of at least 4 members (excludes halogenated alkanes) is 12. The minimum Gasteiger partial charge on any atom is -0.460 e. The van der Waals surface area contributed by atoms with Crippen LogP contribution in [0.15, 0.2) is 24.3 Å². The number of benzene rings is 1. The number of esters is 2. The second-order valence-electron chi connectivity index (χ2n) is 16.4. The number of hydrogen-bond acceptors (Lipinski definition) is 9. The van der Waals surface area contributed by atoms with E-state index >= 15 is 0 Å². The van der Waals surface area contributed by atoms with Gasteiger partial charge in [-0.1, -0.05) is 96.1 Å². The predicted octanol–water partition coefficient (Wildman–Crippen LogP) is 7.95. The molecular formula is C43H73N3O8S. The van der Waals surface area contributed by atoms with Crippen LogP contribution >= 0.6 is 11.8 Å². The summed E-state index contributed by atoms with van der Waals surface area (Å²) in [5, 5.41) is 18.2. The van der Waals surface area contributed by atoms with Crippen LogP contribution in [0.4, 0.5) is 0 Å². The fourth-order valence-corrected chi connectivity index (χ4v) is 6.68. The fourth-order valence-electron chi connectivity index (χ4n) is 5.71. The molecule has 0 aliphatic heterocycles. The topological polar surface area (TPSA) is 160 Å². The fraction of sp³-hybridized carbons (Fsp3) is 0.744. The SMILES string of the molecule is CCCCCCCCCCCCCCCC(=O)NC(CO)CSCCC(=O)NCc1ccc(C(=O)N[C@@H](CCC(=O)OC(C)(C)C)C(=O)OC(C)(C)C)cc1. The molecule has 4 N–H and O–H groups in total. The molecule has 3 amide bonds. The highest BCUT2D eigenvalue weighted by Crippen LogP contribution is 2.16. The van der Waals surface area contributed by atoms with Crippen molar-refractivity contribution in [2.24, 2.45) is 0 Å². The van der Waals surface area contributed by atoms with Crippen molar-refractivity contribution in [3.8, 4) is 0 Å². The number of aliphatic hydroxyl groups is 1. The third-order valence-electron chi connectivity index (χ3n) is 8.64. The van der Waals surface area contributed by atoms with Crippen LogP contribution in [-0.2, 0) is 35.2 Å². The van der Waals surface area contributed by atoms with Gasteiger partial charge in [-0.05, 0) is 72.1 Å². The molecule has 0 saturated heterocycles. The zero-order chi connectivity index (χ0) is 41.1. The number of aliphatic hydroxyl groups excluding tert-OH is 1. The Balaban J connectivity index is 2.34. The molecule has 0 spiro atoms. The van der Waals surface area contributed by atoms with E-state index in [0.717, 1.165) is 24.8 Å². The van der Waals surface area contributed by atoms with Crippen molar-refractivity contribution in [2.45, 2.75) is 187 Å². The number of thioether (sulfide) groups is 1. The van der Waals surface area contributed by atoms with Gasteiger partial charge in [-0.15, -0.1) is 0 Å². The summed E-state index contributed by atoms with van der Waals surface area (Å²) < 4.78 is 10.8. The van der Waals surface area contributed by atoms with E-state index in [9.17, 15) is 29.1 Å². The molecule has 55 heavy (non-hydrogen) atoms. The van der Waals surface area contributed by atoms with Crippen LogP contribution in [0.1, 0.15) is 174 Å². The summed E-state index contributed by atoms with van der Waals surface area (Å²) in [4.78, 5) is 63.0. The molecule has 0 bridgehead atoms. The van der Waals surface area contributed by atoms with Gasteiger partial charge in [-0.25, -0.2) is 4.79 Å². The van der Waals surface area contributed by atoms with Crippen LogP contribution in [0.2, 0.25) is 0 Å². The Kier molecular flexibility index (Phi) is 25.7. The molecule has 0 radical (unpaired) electrons.